The fourth-order valence-electron chi connectivity index (χ4n) is 3.30. The molecular formula is C18H25N3. The van der Waals surface area contributed by atoms with Gasteiger partial charge >= 0.3 is 0 Å². The average Bonchev–Trinajstić information content (AvgIpc) is 2.52. The molecule has 1 saturated heterocycles. The number of fused-ring (bicyclic) bond motifs is 1. The number of hydrogen-bond donors (Lipinski definition) is 1. The number of nitrogens with zero attached hydrogens (tertiary/aromatic N) is 2. The average molecular weight is 283 g/mol. The van der Waals surface area contributed by atoms with Crippen LogP contribution >= 0.6 is 0 Å². The molecule has 21 heavy (non-hydrogen) atoms. The lowest BCUT2D eigenvalue weighted by Gasteiger charge is -2.32. The van der Waals surface area contributed by atoms with E-state index < -0.39 is 0 Å². The van der Waals surface area contributed by atoms with Crippen LogP contribution in [0.2, 0.25) is 0 Å². The molecule has 3 rings (SSSR count). The highest BCUT2D eigenvalue weighted by atomic mass is 15.2. The Morgan fingerprint density at radius 2 is 2.19 bits per heavy atom. The first-order valence-corrected chi connectivity index (χ1v) is 8.07. The number of likely N-dealkylation sites (tertiary alicyclic amines) is 1. The number of pyridine rings is 1. The van der Waals surface area contributed by atoms with Gasteiger partial charge < -0.3 is 10.2 Å². The fraction of sp³-hybridized carbons (Fsp3) is 0.500. The highest BCUT2D eigenvalue weighted by molar-refractivity contribution is 5.82. The van der Waals surface area contributed by atoms with Gasteiger partial charge in [-0.05, 0) is 50.6 Å². The van der Waals surface area contributed by atoms with Gasteiger partial charge in [0.05, 0.1) is 5.52 Å². The van der Waals surface area contributed by atoms with Crippen molar-refractivity contribution >= 4 is 10.9 Å². The highest BCUT2D eigenvalue weighted by Crippen LogP contribution is 2.19. The molecule has 0 radical (unpaired) electrons. The van der Waals surface area contributed by atoms with Gasteiger partial charge in [-0.15, -0.1) is 0 Å². The van der Waals surface area contributed by atoms with Crippen LogP contribution in [0.1, 0.15) is 31.0 Å². The van der Waals surface area contributed by atoms with Crippen molar-refractivity contribution in [3.8, 4) is 0 Å². The van der Waals surface area contributed by atoms with Gasteiger partial charge in [0.1, 0.15) is 0 Å². The molecular weight excluding hydrogens is 258 g/mol. The van der Waals surface area contributed by atoms with Crippen LogP contribution in [0.5, 0.6) is 0 Å². The van der Waals surface area contributed by atoms with Crippen LogP contribution in [0.15, 0.2) is 30.3 Å². The maximum Gasteiger partial charge on any atom is 0.0708 e. The van der Waals surface area contributed by atoms with Crippen molar-refractivity contribution in [2.45, 2.75) is 39.3 Å². The van der Waals surface area contributed by atoms with E-state index in [1.54, 1.807) is 0 Å². The van der Waals surface area contributed by atoms with Gasteiger partial charge in [-0.25, -0.2) is 0 Å². The van der Waals surface area contributed by atoms with Crippen molar-refractivity contribution in [2.75, 3.05) is 19.6 Å². The molecule has 2 heterocycles. The Morgan fingerprint density at radius 3 is 3.05 bits per heavy atom. The number of para-hydroxylation sites is 1. The maximum atomic E-state index is 4.62. The van der Waals surface area contributed by atoms with E-state index in [4.69, 9.17) is 0 Å². The summed E-state index contributed by atoms with van der Waals surface area (Å²) in [7, 11) is 0. The van der Waals surface area contributed by atoms with E-state index in [0.717, 1.165) is 24.3 Å². The van der Waals surface area contributed by atoms with E-state index in [2.05, 4.69) is 59.4 Å². The summed E-state index contributed by atoms with van der Waals surface area (Å²) in [5.74, 6) is 0. The molecule has 0 aliphatic carbocycles. The Hall–Kier alpha value is -1.45. The molecule has 0 saturated carbocycles. The minimum Gasteiger partial charge on any atom is -0.309 e. The Kier molecular flexibility index (Phi) is 4.51. The number of aryl methyl sites for hydroxylation is 1. The quantitative estimate of drug-likeness (QED) is 0.934. The van der Waals surface area contributed by atoms with Gasteiger partial charge in [-0.1, -0.05) is 25.1 Å². The molecule has 0 amide bonds. The first-order chi connectivity index (χ1) is 10.3. The fourth-order valence-corrected chi connectivity index (χ4v) is 3.30. The molecule has 0 spiro atoms. The van der Waals surface area contributed by atoms with Crippen molar-refractivity contribution < 1.29 is 0 Å². The lowest BCUT2D eigenvalue weighted by molar-refractivity contribution is 0.198. The molecule has 1 aliphatic heterocycles. The number of hydrogen-bond acceptors (Lipinski definition) is 3. The van der Waals surface area contributed by atoms with Crippen LogP contribution in [0.4, 0.5) is 0 Å². The van der Waals surface area contributed by atoms with Crippen LogP contribution in [-0.4, -0.2) is 35.6 Å². The number of likely N-dealkylation sites (N-methyl/N-ethyl adjacent to an activating group) is 1. The largest absolute Gasteiger partial charge is 0.309 e. The normalized spacial score (nSPS) is 20.0. The summed E-state index contributed by atoms with van der Waals surface area (Å²) in [4.78, 5) is 7.16. The molecule has 112 valence electrons. The topological polar surface area (TPSA) is 28.2 Å². The Bertz CT molecular complexity index is 608. The van der Waals surface area contributed by atoms with Gasteiger partial charge in [-0.2, -0.15) is 0 Å². The van der Waals surface area contributed by atoms with E-state index in [1.165, 1.54) is 36.9 Å². The lowest BCUT2D eigenvalue weighted by Crippen LogP contribution is -2.45. The van der Waals surface area contributed by atoms with E-state index >= 15 is 0 Å². The van der Waals surface area contributed by atoms with Crippen LogP contribution in [-0.2, 0) is 6.54 Å². The van der Waals surface area contributed by atoms with Crippen LogP contribution in [0.3, 0.4) is 0 Å². The SMILES string of the molecule is CCN1CCCC(NCc2cc(C)nc3ccccc23)C1. The number of piperidine rings is 1. The minimum atomic E-state index is 0.617. The Morgan fingerprint density at radius 1 is 1.33 bits per heavy atom. The molecule has 0 bridgehead atoms. The zero-order valence-corrected chi connectivity index (χ0v) is 13.1. The number of rotatable bonds is 4. The molecule has 2 aromatic rings. The van der Waals surface area contributed by atoms with Crippen LogP contribution < -0.4 is 5.32 Å². The van der Waals surface area contributed by atoms with Crippen molar-refractivity contribution in [1.82, 2.24) is 15.2 Å². The second-order valence-corrected chi connectivity index (χ2v) is 6.05. The molecule has 3 nitrogen and oxygen atoms in total. The zero-order chi connectivity index (χ0) is 14.7. The summed E-state index contributed by atoms with van der Waals surface area (Å²) in [6, 6.07) is 11.3. The van der Waals surface area contributed by atoms with Crippen LogP contribution in [0.25, 0.3) is 10.9 Å². The molecule has 3 heteroatoms. The molecule has 1 fully saturated rings. The van der Waals surface area contributed by atoms with E-state index in [1.807, 2.05) is 0 Å². The second-order valence-electron chi connectivity index (χ2n) is 6.05. The van der Waals surface area contributed by atoms with E-state index in [9.17, 15) is 0 Å². The summed E-state index contributed by atoms with van der Waals surface area (Å²) in [5.41, 5.74) is 3.57. The van der Waals surface area contributed by atoms with Crippen LogP contribution in [0, 0.1) is 6.92 Å². The number of benzene rings is 1. The third-order valence-electron chi connectivity index (χ3n) is 4.46. The van der Waals surface area contributed by atoms with E-state index in [-0.39, 0.29) is 0 Å². The van der Waals surface area contributed by atoms with Gasteiger partial charge in [0, 0.05) is 30.2 Å². The van der Waals surface area contributed by atoms with Gasteiger partial charge in [-0.3, -0.25) is 4.98 Å². The molecule has 1 aliphatic rings. The van der Waals surface area contributed by atoms with Gasteiger partial charge in [0.25, 0.3) is 0 Å². The number of nitrogens with one attached hydrogen (secondary N) is 1. The first kappa shape index (κ1) is 14.5. The summed E-state index contributed by atoms with van der Waals surface area (Å²) in [5, 5.41) is 5.03. The second kappa shape index (κ2) is 6.54. The summed E-state index contributed by atoms with van der Waals surface area (Å²) >= 11 is 0. The minimum absolute atomic E-state index is 0.617. The van der Waals surface area contributed by atoms with Crippen molar-refractivity contribution in [1.29, 1.82) is 0 Å². The molecule has 1 aromatic heterocycles. The summed E-state index contributed by atoms with van der Waals surface area (Å²) < 4.78 is 0. The first-order valence-electron chi connectivity index (χ1n) is 8.07. The molecule has 1 unspecified atom stereocenters. The predicted octanol–water partition coefficient (Wildman–Crippen LogP) is 3.12. The third-order valence-corrected chi connectivity index (χ3v) is 4.46. The molecule has 1 N–H and O–H groups in total. The molecule has 1 atom stereocenters. The smallest absolute Gasteiger partial charge is 0.0708 e. The maximum absolute atomic E-state index is 4.62. The monoisotopic (exact) mass is 283 g/mol. The lowest BCUT2D eigenvalue weighted by atomic mass is 10.0. The van der Waals surface area contributed by atoms with Gasteiger partial charge in [0.2, 0.25) is 0 Å². The summed E-state index contributed by atoms with van der Waals surface area (Å²) in [6.07, 6.45) is 2.60. The molecule has 1 aromatic carbocycles. The van der Waals surface area contributed by atoms with E-state index in [0.29, 0.717) is 6.04 Å². The third kappa shape index (κ3) is 3.42. The highest BCUT2D eigenvalue weighted by Gasteiger charge is 2.18. The number of aromatic nitrogens is 1. The predicted molar refractivity (Wildman–Crippen MR) is 88.5 cm³/mol. The Balaban J connectivity index is 1.73. The van der Waals surface area contributed by atoms with Crippen molar-refractivity contribution in [3.05, 3.63) is 41.6 Å². The van der Waals surface area contributed by atoms with Crippen molar-refractivity contribution in [2.24, 2.45) is 0 Å². The Labute approximate surface area is 127 Å². The zero-order valence-electron chi connectivity index (χ0n) is 13.1. The summed E-state index contributed by atoms with van der Waals surface area (Å²) in [6.45, 7) is 8.86. The van der Waals surface area contributed by atoms with Gasteiger partial charge in [0.15, 0.2) is 0 Å². The van der Waals surface area contributed by atoms with Crippen molar-refractivity contribution in [3.63, 3.8) is 0 Å². The standard InChI is InChI=1S/C18H25N3/c1-3-21-10-6-7-16(13-21)19-12-15-11-14(2)20-18-9-5-4-8-17(15)18/h4-5,8-9,11,16,19H,3,6-7,10,12-13H2,1-2H3.